The van der Waals surface area contributed by atoms with Crippen molar-refractivity contribution < 1.29 is 18.9 Å². The van der Waals surface area contributed by atoms with Gasteiger partial charge < -0.3 is 18.9 Å². The Labute approximate surface area is 98.5 Å². The number of ether oxygens (including phenoxy) is 4. The predicted octanol–water partition coefficient (Wildman–Crippen LogP) is 1.99. The third-order valence-electron chi connectivity index (χ3n) is 2.03. The molecule has 0 bridgehead atoms. The largest absolute Gasteiger partial charge is 0.382 e. The van der Waals surface area contributed by atoms with Crippen LogP contribution in [-0.4, -0.2) is 46.9 Å². The second-order valence-electron chi connectivity index (χ2n) is 3.38. The van der Waals surface area contributed by atoms with Gasteiger partial charge in [-0.25, -0.2) is 0 Å². The van der Waals surface area contributed by atoms with E-state index in [1.54, 1.807) is 14.2 Å². The molecule has 0 aliphatic rings. The first-order valence-electron chi connectivity index (χ1n) is 5.67. The van der Waals surface area contributed by atoms with Crippen LogP contribution in [0.15, 0.2) is 12.7 Å². The molecule has 0 unspecified atom stereocenters. The van der Waals surface area contributed by atoms with Gasteiger partial charge in [0.15, 0.2) is 6.29 Å². The molecule has 0 spiro atoms. The smallest absolute Gasteiger partial charge is 0.157 e. The van der Waals surface area contributed by atoms with Gasteiger partial charge in [-0.3, -0.25) is 0 Å². The zero-order valence-corrected chi connectivity index (χ0v) is 10.4. The van der Waals surface area contributed by atoms with Crippen molar-refractivity contribution >= 4 is 0 Å². The lowest BCUT2D eigenvalue weighted by molar-refractivity contribution is -0.158. The van der Waals surface area contributed by atoms with E-state index in [9.17, 15) is 0 Å². The summed E-state index contributed by atoms with van der Waals surface area (Å²) in [5.41, 5.74) is 0. The van der Waals surface area contributed by atoms with Crippen molar-refractivity contribution in [1.29, 1.82) is 0 Å². The Morgan fingerprint density at radius 1 is 1.00 bits per heavy atom. The van der Waals surface area contributed by atoms with Gasteiger partial charge in [0.05, 0.1) is 26.4 Å². The summed E-state index contributed by atoms with van der Waals surface area (Å²) in [7, 11) is 3.31. The van der Waals surface area contributed by atoms with Crippen molar-refractivity contribution in [3.63, 3.8) is 0 Å². The van der Waals surface area contributed by atoms with Crippen LogP contribution in [0.2, 0.25) is 0 Å². The first-order chi connectivity index (χ1) is 7.85. The van der Waals surface area contributed by atoms with Crippen LogP contribution in [0.3, 0.4) is 0 Å². The molecule has 0 aliphatic heterocycles. The molecule has 0 aromatic rings. The van der Waals surface area contributed by atoms with E-state index in [0.717, 1.165) is 19.3 Å². The fraction of sp³-hybridized carbons (Fsp3) is 0.833. The molecule has 0 radical (unpaired) electrons. The maximum atomic E-state index is 5.54. The quantitative estimate of drug-likeness (QED) is 0.293. The first kappa shape index (κ1) is 15.6. The summed E-state index contributed by atoms with van der Waals surface area (Å²) in [4.78, 5) is 0. The van der Waals surface area contributed by atoms with Gasteiger partial charge in [-0.2, -0.15) is 0 Å². The Kier molecular flexibility index (Phi) is 12.3. The zero-order chi connectivity index (χ0) is 12.1. The van der Waals surface area contributed by atoms with E-state index >= 15 is 0 Å². The topological polar surface area (TPSA) is 36.9 Å². The Morgan fingerprint density at radius 2 is 1.56 bits per heavy atom. The van der Waals surface area contributed by atoms with E-state index in [0.29, 0.717) is 26.4 Å². The minimum atomic E-state index is -0.162. The fourth-order valence-corrected chi connectivity index (χ4v) is 1.17. The lowest BCUT2D eigenvalue weighted by atomic mass is 10.2. The first-order valence-corrected chi connectivity index (χ1v) is 5.67. The third-order valence-corrected chi connectivity index (χ3v) is 2.03. The second-order valence-corrected chi connectivity index (χ2v) is 3.38. The highest BCUT2D eigenvalue weighted by Gasteiger charge is 2.08. The summed E-state index contributed by atoms with van der Waals surface area (Å²) in [5.74, 6) is 0. The number of hydrogen-bond donors (Lipinski definition) is 0. The van der Waals surface area contributed by atoms with E-state index in [1.165, 1.54) is 0 Å². The van der Waals surface area contributed by atoms with Crippen LogP contribution < -0.4 is 0 Å². The van der Waals surface area contributed by atoms with Crippen molar-refractivity contribution in [2.24, 2.45) is 0 Å². The van der Waals surface area contributed by atoms with Crippen molar-refractivity contribution in [2.45, 2.75) is 25.6 Å². The summed E-state index contributed by atoms with van der Waals surface area (Å²) in [6.07, 6.45) is 4.62. The molecule has 4 nitrogen and oxygen atoms in total. The van der Waals surface area contributed by atoms with Gasteiger partial charge >= 0.3 is 0 Å². The summed E-state index contributed by atoms with van der Waals surface area (Å²) < 4.78 is 20.9. The maximum Gasteiger partial charge on any atom is 0.157 e. The van der Waals surface area contributed by atoms with Crippen molar-refractivity contribution in [2.75, 3.05) is 40.6 Å². The van der Waals surface area contributed by atoms with Crippen molar-refractivity contribution in [3.05, 3.63) is 12.7 Å². The molecule has 0 aromatic heterocycles. The van der Waals surface area contributed by atoms with E-state index in [1.807, 2.05) is 6.08 Å². The standard InChI is InChI=1S/C12H24O4/c1-4-5-6-7-12(15-10-8-13-2)16-11-9-14-3/h4,12H,1,5-11H2,2-3H3. The van der Waals surface area contributed by atoms with Crippen molar-refractivity contribution in [3.8, 4) is 0 Å². The molecule has 0 heterocycles. The highest BCUT2D eigenvalue weighted by Crippen LogP contribution is 2.07. The fourth-order valence-electron chi connectivity index (χ4n) is 1.17. The summed E-state index contributed by atoms with van der Waals surface area (Å²) in [6, 6.07) is 0. The highest BCUT2D eigenvalue weighted by atomic mass is 16.7. The van der Waals surface area contributed by atoms with Gasteiger partial charge in [0, 0.05) is 14.2 Å². The number of rotatable bonds is 12. The van der Waals surface area contributed by atoms with Crippen LogP contribution in [0.25, 0.3) is 0 Å². The predicted molar refractivity (Wildman–Crippen MR) is 63.5 cm³/mol. The Hall–Kier alpha value is -0.420. The van der Waals surface area contributed by atoms with Crippen LogP contribution in [0.4, 0.5) is 0 Å². The molecule has 0 aromatic carbocycles. The summed E-state index contributed by atoms with van der Waals surface area (Å²) in [5, 5.41) is 0. The molecule has 0 atom stereocenters. The SMILES string of the molecule is C=CCCCC(OCCOC)OCCOC. The molecular weight excluding hydrogens is 208 g/mol. The molecule has 0 rings (SSSR count). The normalized spacial score (nSPS) is 10.9. The van der Waals surface area contributed by atoms with Crippen LogP contribution in [0.5, 0.6) is 0 Å². The highest BCUT2D eigenvalue weighted by molar-refractivity contribution is 4.66. The van der Waals surface area contributed by atoms with Gasteiger partial charge in [-0.05, 0) is 19.3 Å². The number of allylic oxidation sites excluding steroid dienone is 1. The average Bonchev–Trinajstić information content (AvgIpc) is 2.29. The molecule has 0 saturated carbocycles. The van der Waals surface area contributed by atoms with E-state index < -0.39 is 0 Å². The molecule has 16 heavy (non-hydrogen) atoms. The lowest BCUT2D eigenvalue weighted by Gasteiger charge is -2.18. The number of methoxy groups -OCH3 is 2. The van der Waals surface area contributed by atoms with Crippen LogP contribution in [-0.2, 0) is 18.9 Å². The molecule has 0 amide bonds. The van der Waals surface area contributed by atoms with Gasteiger partial charge in [-0.1, -0.05) is 6.08 Å². The minimum Gasteiger partial charge on any atom is -0.382 e. The Balaban J connectivity index is 3.62. The summed E-state index contributed by atoms with van der Waals surface area (Å²) >= 11 is 0. The van der Waals surface area contributed by atoms with E-state index in [4.69, 9.17) is 18.9 Å². The van der Waals surface area contributed by atoms with Crippen LogP contribution >= 0.6 is 0 Å². The molecule has 0 aliphatic carbocycles. The maximum absolute atomic E-state index is 5.54. The minimum absolute atomic E-state index is 0.162. The molecule has 0 fully saturated rings. The Bertz CT molecular complexity index is 140. The second kappa shape index (κ2) is 12.6. The van der Waals surface area contributed by atoms with Crippen LogP contribution in [0, 0.1) is 0 Å². The van der Waals surface area contributed by atoms with E-state index in [-0.39, 0.29) is 6.29 Å². The van der Waals surface area contributed by atoms with E-state index in [2.05, 4.69) is 6.58 Å². The Morgan fingerprint density at radius 3 is 2.00 bits per heavy atom. The van der Waals surface area contributed by atoms with Gasteiger partial charge in [0.25, 0.3) is 0 Å². The zero-order valence-electron chi connectivity index (χ0n) is 10.4. The monoisotopic (exact) mass is 232 g/mol. The molecule has 0 saturated heterocycles. The average molecular weight is 232 g/mol. The van der Waals surface area contributed by atoms with Crippen molar-refractivity contribution in [1.82, 2.24) is 0 Å². The molecule has 4 heteroatoms. The lowest BCUT2D eigenvalue weighted by Crippen LogP contribution is -2.21. The number of hydrogen-bond acceptors (Lipinski definition) is 4. The third kappa shape index (κ3) is 10.1. The molecular formula is C12H24O4. The number of unbranched alkanes of at least 4 members (excludes halogenated alkanes) is 1. The summed E-state index contributed by atoms with van der Waals surface area (Å²) in [6.45, 7) is 5.98. The molecule has 0 N–H and O–H groups in total. The molecule has 96 valence electrons. The van der Waals surface area contributed by atoms with Gasteiger partial charge in [0.2, 0.25) is 0 Å². The van der Waals surface area contributed by atoms with Gasteiger partial charge in [-0.15, -0.1) is 6.58 Å². The van der Waals surface area contributed by atoms with Crippen LogP contribution in [0.1, 0.15) is 19.3 Å². The van der Waals surface area contributed by atoms with Gasteiger partial charge in [0.1, 0.15) is 0 Å².